The fraction of sp³-hybridized carbons (Fsp3) is 0.364. The molecule has 0 fully saturated rings. The summed E-state index contributed by atoms with van der Waals surface area (Å²) in [5.41, 5.74) is 1.54. The van der Waals surface area contributed by atoms with Gasteiger partial charge in [-0.05, 0) is 18.6 Å². The van der Waals surface area contributed by atoms with Crippen molar-refractivity contribution in [2.24, 2.45) is 0 Å². The van der Waals surface area contributed by atoms with E-state index in [4.69, 9.17) is 5.26 Å². The molecule has 16 heavy (non-hydrogen) atoms. The summed E-state index contributed by atoms with van der Waals surface area (Å²) in [4.78, 5) is 0.349. The smallest absolute Gasteiger partial charge is 0.182 e. The average Bonchev–Trinajstić information content (AvgIpc) is 2.19. The molecule has 0 bridgehead atoms. The maximum absolute atomic E-state index is 12.0. The Labute approximate surface area is 94.8 Å². The molecule has 0 saturated carbocycles. The van der Waals surface area contributed by atoms with E-state index in [0.29, 0.717) is 10.6 Å². The number of anilines is 1. The first-order chi connectivity index (χ1) is 7.54. The summed E-state index contributed by atoms with van der Waals surface area (Å²) in [6.07, 6.45) is 0.201. The Balaban J connectivity index is 2.53. The second kappa shape index (κ2) is 3.80. The van der Waals surface area contributed by atoms with Crippen LogP contribution in [-0.4, -0.2) is 20.2 Å². The van der Waals surface area contributed by atoms with Gasteiger partial charge in [0.1, 0.15) is 0 Å². The molecule has 0 spiro atoms. The van der Waals surface area contributed by atoms with Crippen LogP contribution in [0.5, 0.6) is 0 Å². The summed E-state index contributed by atoms with van der Waals surface area (Å²) in [5, 5.41) is 11.7. The highest BCUT2D eigenvalue weighted by Gasteiger charge is 2.30. The third-order valence-corrected chi connectivity index (χ3v) is 4.53. The molecule has 5 heteroatoms. The summed E-state index contributed by atoms with van der Waals surface area (Å²) in [6, 6.07) is 6.89. The predicted octanol–water partition coefficient (Wildman–Crippen LogP) is 1.48. The minimum Gasteiger partial charge on any atom is -0.379 e. The van der Waals surface area contributed by atoms with Crippen LogP contribution in [0.2, 0.25) is 0 Å². The fourth-order valence-electron chi connectivity index (χ4n) is 1.91. The molecule has 1 aromatic carbocycles. The van der Waals surface area contributed by atoms with E-state index in [9.17, 15) is 8.42 Å². The molecule has 1 aliphatic rings. The molecule has 0 aromatic heterocycles. The van der Waals surface area contributed by atoms with Crippen molar-refractivity contribution >= 4 is 15.5 Å². The zero-order chi connectivity index (χ0) is 11.8. The molecule has 1 heterocycles. The maximum atomic E-state index is 12.0. The molecule has 2 rings (SSSR count). The molecule has 4 nitrogen and oxygen atoms in total. The van der Waals surface area contributed by atoms with Gasteiger partial charge in [-0.25, -0.2) is 8.42 Å². The van der Waals surface area contributed by atoms with Crippen LogP contribution < -0.4 is 5.32 Å². The van der Waals surface area contributed by atoms with Crippen molar-refractivity contribution in [3.8, 4) is 6.07 Å². The van der Waals surface area contributed by atoms with Crippen LogP contribution in [0.3, 0.4) is 0 Å². The van der Waals surface area contributed by atoms with Crippen LogP contribution in [0.15, 0.2) is 23.1 Å². The zero-order valence-electron chi connectivity index (χ0n) is 8.90. The van der Waals surface area contributed by atoms with Crippen LogP contribution in [-0.2, 0) is 9.84 Å². The minimum atomic E-state index is -3.25. The third kappa shape index (κ3) is 1.76. The molecular formula is C11H12N2O2S. The van der Waals surface area contributed by atoms with Gasteiger partial charge in [-0.2, -0.15) is 5.26 Å². The van der Waals surface area contributed by atoms with Crippen molar-refractivity contribution in [3.05, 3.63) is 23.8 Å². The lowest BCUT2D eigenvalue weighted by molar-refractivity contribution is 0.586. The first-order valence-corrected chi connectivity index (χ1v) is 6.65. The summed E-state index contributed by atoms with van der Waals surface area (Å²) in [5.74, 6) is -0.00296. The van der Waals surface area contributed by atoms with E-state index in [1.165, 1.54) is 0 Å². The summed E-state index contributed by atoms with van der Waals surface area (Å²) in [6.45, 7) is 1.86. The maximum Gasteiger partial charge on any atom is 0.182 e. The number of nitrogens with one attached hydrogen (secondary N) is 1. The Morgan fingerprint density at radius 1 is 1.56 bits per heavy atom. The molecule has 0 saturated heterocycles. The van der Waals surface area contributed by atoms with Crippen molar-refractivity contribution < 1.29 is 8.42 Å². The second-order valence-corrected chi connectivity index (χ2v) is 5.94. The number of sulfone groups is 1. The first kappa shape index (κ1) is 11.0. The standard InChI is InChI=1S/C11H12N2O2S/c1-8-3-2-4-10-11(8)13-9(5-6-12)7-16(10,14)15/h2-4,9,13H,5,7H2,1H3. The number of nitrogens with zero attached hydrogens (tertiary/aromatic N) is 1. The Kier molecular flexibility index (Phi) is 2.60. The van der Waals surface area contributed by atoms with E-state index < -0.39 is 9.84 Å². The van der Waals surface area contributed by atoms with E-state index in [1.54, 1.807) is 12.1 Å². The highest BCUT2D eigenvalue weighted by molar-refractivity contribution is 7.91. The number of aryl methyl sites for hydroxylation is 1. The molecule has 0 radical (unpaired) electrons. The Bertz CT molecular complexity index is 558. The van der Waals surface area contributed by atoms with Gasteiger partial charge in [0.25, 0.3) is 0 Å². The fourth-order valence-corrected chi connectivity index (χ4v) is 3.63. The molecule has 0 amide bonds. The van der Waals surface area contributed by atoms with Gasteiger partial charge in [0, 0.05) is 0 Å². The van der Waals surface area contributed by atoms with Crippen LogP contribution in [0, 0.1) is 18.3 Å². The van der Waals surface area contributed by atoms with Crippen LogP contribution >= 0.6 is 0 Å². The van der Waals surface area contributed by atoms with Gasteiger partial charge >= 0.3 is 0 Å². The number of nitriles is 1. The Morgan fingerprint density at radius 2 is 2.31 bits per heavy atom. The number of benzene rings is 1. The highest BCUT2D eigenvalue weighted by atomic mass is 32.2. The Morgan fingerprint density at radius 3 is 3.00 bits per heavy atom. The van der Waals surface area contributed by atoms with Gasteiger partial charge in [0.05, 0.1) is 34.9 Å². The van der Waals surface area contributed by atoms with E-state index in [2.05, 4.69) is 5.32 Å². The molecule has 1 N–H and O–H groups in total. The zero-order valence-corrected chi connectivity index (χ0v) is 9.71. The van der Waals surface area contributed by atoms with Gasteiger partial charge in [-0.15, -0.1) is 0 Å². The average molecular weight is 236 g/mol. The van der Waals surface area contributed by atoms with Crippen molar-refractivity contribution in [1.82, 2.24) is 0 Å². The van der Waals surface area contributed by atoms with Crippen molar-refractivity contribution in [2.75, 3.05) is 11.1 Å². The molecule has 84 valence electrons. The monoisotopic (exact) mass is 236 g/mol. The predicted molar refractivity (Wildman–Crippen MR) is 60.9 cm³/mol. The van der Waals surface area contributed by atoms with Crippen LogP contribution in [0.4, 0.5) is 5.69 Å². The number of fused-ring (bicyclic) bond motifs is 1. The van der Waals surface area contributed by atoms with E-state index in [-0.39, 0.29) is 18.2 Å². The summed E-state index contributed by atoms with van der Waals surface area (Å²) >= 11 is 0. The molecule has 1 aromatic rings. The summed E-state index contributed by atoms with van der Waals surface area (Å²) in [7, 11) is -3.25. The van der Waals surface area contributed by atoms with Crippen LogP contribution in [0.25, 0.3) is 0 Å². The number of hydrogen-bond donors (Lipinski definition) is 1. The highest BCUT2D eigenvalue weighted by Crippen LogP contribution is 2.31. The number of hydrogen-bond acceptors (Lipinski definition) is 4. The van der Waals surface area contributed by atoms with Gasteiger partial charge in [0.2, 0.25) is 0 Å². The lowest BCUT2D eigenvalue weighted by atomic mass is 10.1. The largest absolute Gasteiger partial charge is 0.379 e. The quantitative estimate of drug-likeness (QED) is 0.801. The van der Waals surface area contributed by atoms with E-state index in [1.807, 2.05) is 19.1 Å². The number of rotatable bonds is 1. The minimum absolute atomic E-state index is 0.00296. The van der Waals surface area contributed by atoms with E-state index in [0.717, 1.165) is 5.56 Å². The van der Waals surface area contributed by atoms with Gasteiger partial charge in [0.15, 0.2) is 9.84 Å². The second-order valence-electron chi connectivity index (χ2n) is 3.93. The molecular weight excluding hydrogens is 224 g/mol. The molecule has 1 aliphatic heterocycles. The SMILES string of the molecule is Cc1cccc2c1NC(CC#N)CS2(=O)=O. The lowest BCUT2D eigenvalue weighted by Gasteiger charge is -2.26. The van der Waals surface area contributed by atoms with Gasteiger partial charge in [-0.3, -0.25) is 0 Å². The molecule has 1 atom stereocenters. The molecule has 1 unspecified atom stereocenters. The van der Waals surface area contributed by atoms with Crippen LogP contribution in [0.1, 0.15) is 12.0 Å². The topological polar surface area (TPSA) is 70.0 Å². The number of para-hydroxylation sites is 1. The first-order valence-electron chi connectivity index (χ1n) is 5.00. The van der Waals surface area contributed by atoms with E-state index >= 15 is 0 Å². The summed E-state index contributed by atoms with van der Waals surface area (Å²) < 4.78 is 23.9. The molecule has 0 aliphatic carbocycles. The lowest BCUT2D eigenvalue weighted by Crippen LogP contribution is -2.34. The Hall–Kier alpha value is -1.54. The van der Waals surface area contributed by atoms with Crippen molar-refractivity contribution in [1.29, 1.82) is 5.26 Å². The van der Waals surface area contributed by atoms with Crippen molar-refractivity contribution in [3.63, 3.8) is 0 Å². The van der Waals surface area contributed by atoms with Crippen molar-refractivity contribution in [2.45, 2.75) is 24.3 Å². The van der Waals surface area contributed by atoms with Gasteiger partial charge in [-0.1, -0.05) is 12.1 Å². The van der Waals surface area contributed by atoms with Gasteiger partial charge < -0.3 is 5.32 Å². The third-order valence-electron chi connectivity index (χ3n) is 2.68. The normalized spacial score (nSPS) is 21.6.